The van der Waals surface area contributed by atoms with Gasteiger partial charge in [0.1, 0.15) is 6.61 Å². The zero-order valence-corrected chi connectivity index (χ0v) is 6.23. The lowest BCUT2D eigenvalue weighted by Gasteiger charge is -2.12. The molecule has 5 nitrogen and oxygen atoms in total. The van der Waals surface area contributed by atoms with Crippen LogP contribution in [-0.2, 0) is 4.79 Å². The first-order valence-electron chi connectivity index (χ1n) is 3.55. The maximum atomic E-state index is 10.9. The molecule has 11 heavy (non-hydrogen) atoms. The van der Waals surface area contributed by atoms with Gasteiger partial charge in [0.05, 0.1) is 0 Å². The fourth-order valence-corrected chi connectivity index (χ4v) is 1.16. The van der Waals surface area contributed by atoms with Crippen LogP contribution in [0.2, 0.25) is 0 Å². The third-order valence-corrected chi connectivity index (χ3v) is 1.90. The number of carbonyl (C=O) groups excluding carboxylic acids is 1. The lowest BCUT2D eigenvalue weighted by Crippen LogP contribution is -2.39. The van der Waals surface area contributed by atoms with E-state index in [9.17, 15) is 4.79 Å². The number of hydrogen-bond acceptors (Lipinski definition) is 4. The molecule has 1 aliphatic rings. The second-order valence-electron chi connectivity index (χ2n) is 2.78. The van der Waals surface area contributed by atoms with Crippen LogP contribution >= 0.6 is 0 Å². The molecular formula is C6H13N3O2. The summed E-state index contributed by atoms with van der Waals surface area (Å²) < 4.78 is 0. The Hall–Kier alpha value is -0.650. The number of carbonyl (C=O) groups is 1. The fraction of sp³-hybridized carbons (Fsp3) is 0.833. The van der Waals surface area contributed by atoms with Gasteiger partial charge in [-0.05, 0) is 0 Å². The topological polar surface area (TPSA) is 92.6 Å². The molecule has 1 aliphatic heterocycles. The van der Waals surface area contributed by atoms with Gasteiger partial charge in [0, 0.05) is 25.2 Å². The van der Waals surface area contributed by atoms with Crippen molar-refractivity contribution in [2.45, 2.75) is 12.1 Å². The minimum atomic E-state index is -0.459. The highest BCUT2D eigenvalue weighted by molar-refractivity contribution is 5.77. The number of hydrogen-bond donors (Lipinski definition) is 3. The first-order valence-corrected chi connectivity index (χ1v) is 3.55. The summed E-state index contributed by atoms with van der Waals surface area (Å²) in [5, 5.41) is 8.49. The Balaban J connectivity index is 2.46. The van der Waals surface area contributed by atoms with Crippen LogP contribution in [0.25, 0.3) is 0 Å². The van der Waals surface area contributed by atoms with Gasteiger partial charge < -0.3 is 21.5 Å². The van der Waals surface area contributed by atoms with Gasteiger partial charge >= 0.3 is 0 Å². The molecule has 0 spiro atoms. The monoisotopic (exact) mass is 159 g/mol. The number of aliphatic hydroxyl groups excluding tert-OH is 1. The van der Waals surface area contributed by atoms with Crippen molar-refractivity contribution in [3.05, 3.63) is 0 Å². The molecule has 0 aromatic heterocycles. The molecule has 0 unspecified atom stereocenters. The lowest BCUT2D eigenvalue weighted by molar-refractivity contribution is -0.133. The maximum Gasteiger partial charge on any atom is 0.248 e. The lowest BCUT2D eigenvalue weighted by atomic mass is 10.2. The Morgan fingerprint density at radius 1 is 1.45 bits per heavy atom. The maximum absolute atomic E-state index is 10.9. The van der Waals surface area contributed by atoms with Crippen molar-refractivity contribution in [1.29, 1.82) is 0 Å². The van der Waals surface area contributed by atoms with E-state index in [1.54, 1.807) is 0 Å². The summed E-state index contributed by atoms with van der Waals surface area (Å²) in [5.74, 6) is -0.298. The van der Waals surface area contributed by atoms with Crippen LogP contribution in [0.15, 0.2) is 0 Å². The van der Waals surface area contributed by atoms with Crippen molar-refractivity contribution in [2.24, 2.45) is 11.5 Å². The minimum absolute atomic E-state index is 0.148. The number of likely N-dealkylation sites (tertiary alicyclic amines) is 1. The van der Waals surface area contributed by atoms with E-state index in [0.29, 0.717) is 13.1 Å². The summed E-state index contributed by atoms with van der Waals surface area (Å²) in [7, 11) is 0. The van der Waals surface area contributed by atoms with Gasteiger partial charge in [-0.15, -0.1) is 0 Å². The number of amides is 1. The predicted octanol–water partition coefficient (Wildman–Crippen LogP) is -2.52. The van der Waals surface area contributed by atoms with E-state index in [4.69, 9.17) is 16.6 Å². The summed E-state index contributed by atoms with van der Waals surface area (Å²) in [6, 6.07) is -0.295. The molecule has 5 heteroatoms. The molecule has 1 fully saturated rings. The molecule has 64 valence electrons. The van der Waals surface area contributed by atoms with E-state index in [1.165, 1.54) is 4.90 Å². The van der Waals surface area contributed by atoms with Gasteiger partial charge in [-0.1, -0.05) is 0 Å². The molecular weight excluding hydrogens is 146 g/mol. The van der Waals surface area contributed by atoms with Crippen molar-refractivity contribution in [3.63, 3.8) is 0 Å². The summed E-state index contributed by atoms with van der Waals surface area (Å²) in [4.78, 5) is 12.4. The zero-order valence-electron chi connectivity index (χ0n) is 6.23. The Labute approximate surface area is 65.0 Å². The summed E-state index contributed by atoms with van der Waals surface area (Å²) in [5.41, 5.74) is 11.1. The van der Waals surface area contributed by atoms with Crippen LogP contribution in [0.4, 0.5) is 0 Å². The number of aliphatic hydroxyl groups is 1. The van der Waals surface area contributed by atoms with Gasteiger partial charge in [0.2, 0.25) is 5.91 Å². The van der Waals surface area contributed by atoms with Crippen LogP contribution in [0.3, 0.4) is 0 Å². The Morgan fingerprint density at radius 3 is 2.27 bits per heavy atom. The van der Waals surface area contributed by atoms with Crippen molar-refractivity contribution in [1.82, 2.24) is 4.90 Å². The highest BCUT2D eigenvalue weighted by atomic mass is 16.3. The number of nitrogens with two attached hydrogens (primary N) is 2. The van der Waals surface area contributed by atoms with E-state index < -0.39 is 6.61 Å². The van der Waals surface area contributed by atoms with Crippen molar-refractivity contribution in [2.75, 3.05) is 19.7 Å². The van der Waals surface area contributed by atoms with Gasteiger partial charge in [-0.2, -0.15) is 0 Å². The SMILES string of the molecule is N[C@@H]1CN(C(=O)CO)C[C@@H]1N. The summed E-state index contributed by atoms with van der Waals surface area (Å²) in [6.45, 7) is 0.459. The van der Waals surface area contributed by atoms with E-state index in [0.717, 1.165) is 0 Å². The van der Waals surface area contributed by atoms with E-state index in [2.05, 4.69) is 0 Å². The van der Waals surface area contributed by atoms with Crippen molar-refractivity contribution >= 4 is 5.91 Å². The summed E-state index contributed by atoms with van der Waals surface area (Å²) in [6.07, 6.45) is 0. The van der Waals surface area contributed by atoms with E-state index in [1.807, 2.05) is 0 Å². The van der Waals surface area contributed by atoms with Crippen LogP contribution in [0, 0.1) is 0 Å². The third-order valence-electron chi connectivity index (χ3n) is 1.90. The zero-order chi connectivity index (χ0) is 8.43. The van der Waals surface area contributed by atoms with Gasteiger partial charge in [0.15, 0.2) is 0 Å². The molecule has 0 radical (unpaired) electrons. The highest BCUT2D eigenvalue weighted by Gasteiger charge is 2.29. The van der Waals surface area contributed by atoms with Crippen LogP contribution in [0.1, 0.15) is 0 Å². The van der Waals surface area contributed by atoms with Gasteiger partial charge in [-0.3, -0.25) is 4.79 Å². The Kier molecular flexibility index (Phi) is 2.43. The average Bonchev–Trinajstić information content (AvgIpc) is 2.31. The normalized spacial score (nSPS) is 31.0. The molecule has 1 saturated heterocycles. The Morgan fingerprint density at radius 2 is 1.91 bits per heavy atom. The quantitative estimate of drug-likeness (QED) is 0.393. The van der Waals surface area contributed by atoms with Crippen LogP contribution in [-0.4, -0.2) is 47.7 Å². The van der Waals surface area contributed by atoms with Gasteiger partial charge in [0.25, 0.3) is 0 Å². The first kappa shape index (κ1) is 8.45. The average molecular weight is 159 g/mol. The molecule has 0 aromatic carbocycles. The molecule has 0 saturated carbocycles. The summed E-state index contributed by atoms with van der Waals surface area (Å²) >= 11 is 0. The number of rotatable bonds is 1. The van der Waals surface area contributed by atoms with Crippen LogP contribution in [0.5, 0.6) is 0 Å². The Bertz CT molecular complexity index is 152. The molecule has 2 atom stereocenters. The van der Waals surface area contributed by atoms with Crippen LogP contribution < -0.4 is 11.5 Å². The molecule has 1 rings (SSSR count). The molecule has 0 bridgehead atoms. The third kappa shape index (κ3) is 1.68. The van der Waals surface area contributed by atoms with E-state index >= 15 is 0 Å². The standard InChI is InChI=1S/C6H13N3O2/c7-4-1-9(2-5(4)8)6(11)3-10/h4-5,10H,1-3,7-8H2/t4-,5+. The van der Waals surface area contributed by atoms with Gasteiger partial charge in [-0.25, -0.2) is 0 Å². The smallest absolute Gasteiger partial charge is 0.248 e. The molecule has 1 amide bonds. The van der Waals surface area contributed by atoms with Crippen molar-refractivity contribution in [3.8, 4) is 0 Å². The molecule has 1 heterocycles. The van der Waals surface area contributed by atoms with E-state index in [-0.39, 0.29) is 18.0 Å². The molecule has 5 N–H and O–H groups in total. The first-order chi connectivity index (χ1) is 5.15. The predicted molar refractivity (Wildman–Crippen MR) is 39.6 cm³/mol. The highest BCUT2D eigenvalue weighted by Crippen LogP contribution is 2.05. The minimum Gasteiger partial charge on any atom is -0.387 e. The second kappa shape index (κ2) is 3.17. The number of nitrogens with zero attached hydrogens (tertiary/aromatic N) is 1. The largest absolute Gasteiger partial charge is 0.387 e. The fourth-order valence-electron chi connectivity index (χ4n) is 1.16. The molecule has 0 aliphatic carbocycles. The second-order valence-corrected chi connectivity index (χ2v) is 2.78. The van der Waals surface area contributed by atoms with Crippen molar-refractivity contribution < 1.29 is 9.90 Å². The molecule has 0 aromatic rings.